The number of hydrogen-bond donors (Lipinski definition) is 3. The number of ether oxygens (including phenoxy) is 1. The van der Waals surface area contributed by atoms with Gasteiger partial charge in [0.1, 0.15) is 5.75 Å². The van der Waals surface area contributed by atoms with Crippen molar-refractivity contribution in [1.29, 1.82) is 0 Å². The molecular weight excluding hydrogens is 476 g/mol. The molecule has 2 unspecified atom stereocenters. The fourth-order valence-electron chi connectivity index (χ4n) is 3.88. The Labute approximate surface area is 206 Å². The molecule has 0 aliphatic carbocycles. The number of carbonyl (C=O) groups is 2. The van der Waals surface area contributed by atoms with Gasteiger partial charge in [0.25, 0.3) is 0 Å². The van der Waals surface area contributed by atoms with Crippen LogP contribution in [0.3, 0.4) is 0 Å². The molecule has 1 aromatic carbocycles. The molecule has 178 valence electrons. The summed E-state index contributed by atoms with van der Waals surface area (Å²) in [5.74, 6) is 0.427. The van der Waals surface area contributed by atoms with Crippen LogP contribution >= 0.6 is 22.9 Å². The summed E-state index contributed by atoms with van der Waals surface area (Å²) in [6.45, 7) is 1.45. The fourth-order valence-corrected chi connectivity index (χ4v) is 4.55. The van der Waals surface area contributed by atoms with Gasteiger partial charge in [0.05, 0.1) is 19.9 Å². The number of aromatic nitrogens is 2. The normalized spacial score (nSPS) is 18.2. The Bertz CT molecular complexity index is 1090. The number of piperidine rings is 1. The second-order valence-electron chi connectivity index (χ2n) is 7.85. The van der Waals surface area contributed by atoms with Crippen LogP contribution in [0.2, 0.25) is 5.02 Å². The van der Waals surface area contributed by atoms with Gasteiger partial charge in [-0.15, -0.1) is 11.3 Å². The SMILES string of the molecule is COc1ccc(C2CN(CC(=O)Nc3nccs3)CCC2NC(=O)Nc2ccc(Cl)cc2)nc1. The van der Waals surface area contributed by atoms with Crippen LogP contribution in [-0.2, 0) is 4.79 Å². The van der Waals surface area contributed by atoms with Crippen molar-refractivity contribution in [3.05, 3.63) is 64.9 Å². The van der Waals surface area contributed by atoms with E-state index in [1.165, 1.54) is 11.3 Å². The van der Waals surface area contributed by atoms with Crippen molar-refractivity contribution in [2.24, 2.45) is 0 Å². The van der Waals surface area contributed by atoms with Crippen LogP contribution in [0.5, 0.6) is 5.75 Å². The number of nitrogens with zero attached hydrogens (tertiary/aromatic N) is 3. The molecule has 0 bridgehead atoms. The van der Waals surface area contributed by atoms with E-state index < -0.39 is 0 Å². The minimum atomic E-state index is -0.305. The lowest BCUT2D eigenvalue weighted by Crippen LogP contribution is -2.52. The number of thiazole rings is 1. The Morgan fingerprint density at radius 3 is 2.68 bits per heavy atom. The van der Waals surface area contributed by atoms with Crippen LogP contribution in [0.15, 0.2) is 54.2 Å². The highest BCUT2D eigenvalue weighted by Gasteiger charge is 2.33. The lowest BCUT2D eigenvalue weighted by Gasteiger charge is -2.38. The molecule has 3 N–H and O–H groups in total. The number of urea groups is 1. The molecule has 1 fully saturated rings. The standard InChI is InChI=1S/C23H25ClN6O3S/c1-33-17-6-7-19(26-12-17)18-13-30(14-21(31)29-23-25-9-11-34-23)10-8-20(18)28-22(32)27-16-4-2-15(24)3-5-16/h2-7,9,11-12,18,20H,8,10,13-14H2,1H3,(H,25,29,31)(H2,27,28,32). The molecule has 3 heterocycles. The lowest BCUT2D eigenvalue weighted by atomic mass is 9.88. The maximum absolute atomic E-state index is 12.7. The van der Waals surface area contributed by atoms with E-state index in [0.717, 1.165) is 5.69 Å². The highest BCUT2D eigenvalue weighted by Crippen LogP contribution is 2.27. The van der Waals surface area contributed by atoms with Gasteiger partial charge in [-0.1, -0.05) is 11.6 Å². The van der Waals surface area contributed by atoms with Crippen LogP contribution in [-0.4, -0.2) is 59.6 Å². The van der Waals surface area contributed by atoms with Crippen molar-refractivity contribution in [3.63, 3.8) is 0 Å². The number of hydrogen-bond acceptors (Lipinski definition) is 7. The Morgan fingerprint density at radius 1 is 1.18 bits per heavy atom. The van der Waals surface area contributed by atoms with Crippen LogP contribution in [0, 0.1) is 0 Å². The molecule has 3 amide bonds. The van der Waals surface area contributed by atoms with Gasteiger partial charge in [0, 0.05) is 53.0 Å². The number of anilines is 2. The lowest BCUT2D eigenvalue weighted by molar-refractivity contribution is -0.117. The predicted octanol–water partition coefficient (Wildman–Crippen LogP) is 3.82. The molecule has 1 aliphatic heterocycles. The summed E-state index contributed by atoms with van der Waals surface area (Å²) in [4.78, 5) is 35.9. The van der Waals surface area contributed by atoms with E-state index in [-0.39, 0.29) is 30.4 Å². The molecule has 4 rings (SSSR count). The van der Waals surface area contributed by atoms with Crippen molar-refractivity contribution in [1.82, 2.24) is 20.2 Å². The Hall–Kier alpha value is -3.21. The molecule has 0 radical (unpaired) electrons. The molecule has 11 heteroatoms. The average molecular weight is 501 g/mol. The van der Waals surface area contributed by atoms with Crippen molar-refractivity contribution >= 4 is 45.7 Å². The molecule has 1 saturated heterocycles. The number of nitrogens with one attached hydrogen (secondary N) is 3. The van der Waals surface area contributed by atoms with E-state index >= 15 is 0 Å². The number of pyridine rings is 1. The highest BCUT2D eigenvalue weighted by atomic mass is 35.5. The Morgan fingerprint density at radius 2 is 2.00 bits per heavy atom. The quantitative estimate of drug-likeness (QED) is 0.455. The number of likely N-dealkylation sites (tertiary alicyclic amines) is 1. The number of carbonyl (C=O) groups excluding carboxylic acids is 2. The van der Waals surface area contributed by atoms with E-state index in [4.69, 9.17) is 16.3 Å². The van der Waals surface area contributed by atoms with Crippen LogP contribution in [0.4, 0.5) is 15.6 Å². The van der Waals surface area contributed by atoms with E-state index in [0.29, 0.717) is 41.1 Å². The van der Waals surface area contributed by atoms with Gasteiger partial charge < -0.3 is 20.7 Å². The summed E-state index contributed by atoms with van der Waals surface area (Å²) in [5, 5.41) is 11.7. The number of amides is 3. The summed E-state index contributed by atoms with van der Waals surface area (Å²) in [6, 6.07) is 10.2. The molecule has 3 aromatic rings. The van der Waals surface area contributed by atoms with Gasteiger partial charge in [-0.25, -0.2) is 9.78 Å². The van der Waals surface area contributed by atoms with Gasteiger partial charge in [-0.3, -0.25) is 14.7 Å². The van der Waals surface area contributed by atoms with Crippen LogP contribution in [0.25, 0.3) is 0 Å². The van der Waals surface area contributed by atoms with Crippen molar-refractivity contribution in [2.75, 3.05) is 37.4 Å². The van der Waals surface area contributed by atoms with E-state index in [1.54, 1.807) is 43.8 Å². The first-order chi connectivity index (χ1) is 16.5. The smallest absolute Gasteiger partial charge is 0.319 e. The maximum Gasteiger partial charge on any atom is 0.319 e. The zero-order valence-electron chi connectivity index (χ0n) is 18.5. The monoisotopic (exact) mass is 500 g/mol. The van der Waals surface area contributed by atoms with E-state index in [9.17, 15) is 9.59 Å². The van der Waals surface area contributed by atoms with Gasteiger partial charge in [0.15, 0.2) is 5.13 Å². The average Bonchev–Trinajstić information content (AvgIpc) is 3.34. The number of halogens is 1. The predicted molar refractivity (Wildman–Crippen MR) is 133 cm³/mol. The first-order valence-electron chi connectivity index (χ1n) is 10.7. The number of methoxy groups -OCH3 is 1. The molecule has 34 heavy (non-hydrogen) atoms. The third-order valence-electron chi connectivity index (χ3n) is 5.54. The first kappa shape index (κ1) is 23.9. The number of rotatable bonds is 7. The zero-order valence-corrected chi connectivity index (χ0v) is 20.1. The summed E-state index contributed by atoms with van der Waals surface area (Å²) in [7, 11) is 1.59. The Balaban J connectivity index is 1.43. The van der Waals surface area contributed by atoms with Crippen molar-refractivity contribution < 1.29 is 14.3 Å². The maximum atomic E-state index is 12.7. The number of benzene rings is 1. The molecule has 0 spiro atoms. The van der Waals surface area contributed by atoms with Gasteiger partial charge in [-0.05, 0) is 42.8 Å². The minimum Gasteiger partial charge on any atom is -0.495 e. The summed E-state index contributed by atoms with van der Waals surface area (Å²) in [5.41, 5.74) is 1.47. The zero-order chi connectivity index (χ0) is 23.9. The van der Waals surface area contributed by atoms with Gasteiger partial charge in [0.2, 0.25) is 5.91 Å². The third-order valence-corrected chi connectivity index (χ3v) is 6.48. The van der Waals surface area contributed by atoms with Crippen molar-refractivity contribution in [2.45, 2.75) is 18.4 Å². The minimum absolute atomic E-state index is 0.108. The van der Waals surface area contributed by atoms with Gasteiger partial charge in [-0.2, -0.15) is 0 Å². The molecule has 9 nitrogen and oxygen atoms in total. The molecular formula is C23H25ClN6O3S. The Kier molecular flexibility index (Phi) is 7.94. The van der Waals surface area contributed by atoms with Crippen molar-refractivity contribution in [3.8, 4) is 5.75 Å². The fraction of sp³-hybridized carbons (Fsp3) is 0.304. The summed E-state index contributed by atoms with van der Waals surface area (Å²) < 4.78 is 5.23. The molecule has 0 saturated carbocycles. The summed E-state index contributed by atoms with van der Waals surface area (Å²) >= 11 is 7.30. The molecule has 2 aromatic heterocycles. The largest absolute Gasteiger partial charge is 0.495 e. The molecule has 1 aliphatic rings. The topological polar surface area (TPSA) is 108 Å². The second kappa shape index (κ2) is 11.3. The second-order valence-corrected chi connectivity index (χ2v) is 9.18. The van der Waals surface area contributed by atoms with Gasteiger partial charge >= 0.3 is 6.03 Å². The van der Waals surface area contributed by atoms with Crippen LogP contribution < -0.4 is 20.7 Å². The third kappa shape index (κ3) is 6.43. The van der Waals surface area contributed by atoms with Crippen LogP contribution in [0.1, 0.15) is 18.0 Å². The van der Waals surface area contributed by atoms with E-state index in [2.05, 4.69) is 30.8 Å². The molecule has 2 atom stereocenters. The highest BCUT2D eigenvalue weighted by molar-refractivity contribution is 7.13. The first-order valence-corrected chi connectivity index (χ1v) is 12.0. The summed E-state index contributed by atoms with van der Waals surface area (Å²) in [6.07, 6.45) is 3.98. The van der Waals surface area contributed by atoms with E-state index in [1.807, 2.05) is 17.5 Å².